The van der Waals surface area contributed by atoms with E-state index in [1.54, 1.807) is 43.5 Å². The molecule has 1 N–H and O–H groups in total. The molecule has 1 aliphatic heterocycles. The van der Waals surface area contributed by atoms with Gasteiger partial charge in [-0.25, -0.2) is 4.98 Å². The number of aromatic nitrogens is 1. The fraction of sp³-hybridized carbons (Fsp3) is 0.0500. The summed E-state index contributed by atoms with van der Waals surface area (Å²) in [5.74, 6) is 0.401. The van der Waals surface area contributed by atoms with E-state index in [4.69, 9.17) is 28.6 Å². The van der Waals surface area contributed by atoms with Crippen molar-refractivity contribution in [1.29, 1.82) is 0 Å². The lowest BCUT2D eigenvalue weighted by Crippen LogP contribution is -2.27. The number of rotatable bonds is 3. The van der Waals surface area contributed by atoms with E-state index >= 15 is 0 Å². The lowest BCUT2D eigenvalue weighted by atomic mass is 10.2. The van der Waals surface area contributed by atoms with Gasteiger partial charge in [-0.05, 0) is 42.5 Å². The first-order valence-corrected chi connectivity index (χ1v) is 9.78. The largest absolute Gasteiger partial charge is 0.508 e. The van der Waals surface area contributed by atoms with Gasteiger partial charge in [0.15, 0.2) is 4.32 Å². The standard InChI is InChI=1S/C20H13ClN2O3S2/c1-26-16-8-7-15(21)14-6-5-11(22-18(14)16)9-17-19(25)23(20(27)28-17)12-3-2-4-13(24)10-12/h2-10,24H,1H3/b17-9+. The summed E-state index contributed by atoms with van der Waals surface area (Å²) >= 11 is 12.8. The maximum absolute atomic E-state index is 12.9. The minimum Gasteiger partial charge on any atom is -0.508 e. The first-order chi connectivity index (χ1) is 13.5. The third kappa shape index (κ3) is 3.32. The second-order valence-corrected chi connectivity index (χ2v) is 8.00. The Morgan fingerprint density at radius 2 is 2.07 bits per heavy atom. The molecule has 3 aromatic rings. The van der Waals surface area contributed by atoms with Crippen LogP contribution in [0.15, 0.2) is 53.4 Å². The number of thiocarbonyl (C=S) groups is 1. The van der Waals surface area contributed by atoms with Gasteiger partial charge in [0.1, 0.15) is 17.0 Å². The molecule has 140 valence electrons. The van der Waals surface area contributed by atoms with E-state index in [1.807, 2.05) is 6.07 Å². The predicted octanol–water partition coefficient (Wildman–Crippen LogP) is 5.01. The van der Waals surface area contributed by atoms with Crippen molar-refractivity contribution in [3.05, 3.63) is 64.2 Å². The molecule has 0 unspecified atom stereocenters. The molecule has 0 aliphatic carbocycles. The number of halogens is 1. The van der Waals surface area contributed by atoms with Crippen LogP contribution in [-0.4, -0.2) is 27.4 Å². The van der Waals surface area contributed by atoms with Crippen molar-refractivity contribution in [2.24, 2.45) is 0 Å². The number of fused-ring (bicyclic) bond motifs is 1. The number of hydrogen-bond donors (Lipinski definition) is 1. The molecule has 0 radical (unpaired) electrons. The summed E-state index contributed by atoms with van der Waals surface area (Å²) < 4.78 is 5.76. The maximum Gasteiger partial charge on any atom is 0.270 e. The first-order valence-electron chi connectivity index (χ1n) is 8.18. The van der Waals surface area contributed by atoms with Gasteiger partial charge in [0.25, 0.3) is 5.91 Å². The Bertz CT molecular complexity index is 1160. The molecule has 0 bridgehead atoms. The Hall–Kier alpha value is -2.61. The first kappa shape index (κ1) is 18.7. The number of carbonyl (C=O) groups excluding carboxylic acids is 1. The zero-order valence-corrected chi connectivity index (χ0v) is 16.9. The van der Waals surface area contributed by atoms with Gasteiger partial charge in [-0.3, -0.25) is 9.69 Å². The fourth-order valence-electron chi connectivity index (χ4n) is 2.87. The summed E-state index contributed by atoms with van der Waals surface area (Å²) in [5, 5.41) is 11.0. The van der Waals surface area contributed by atoms with Crippen molar-refractivity contribution in [3.63, 3.8) is 0 Å². The van der Waals surface area contributed by atoms with E-state index < -0.39 is 0 Å². The molecule has 0 saturated carbocycles. The number of ether oxygens (including phenoxy) is 1. The Labute approximate surface area is 175 Å². The molecule has 1 aliphatic rings. The fourth-order valence-corrected chi connectivity index (χ4v) is 4.37. The third-order valence-corrected chi connectivity index (χ3v) is 5.80. The van der Waals surface area contributed by atoms with E-state index in [2.05, 4.69) is 4.98 Å². The lowest BCUT2D eigenvalue weighted by molar-refractivity contribution is -0.113. The van der Waals surface area contributed by atoms with Gasteiger partial charge in [-0.1, -0.05) is 41.6 Å². The number of thioether (sulfide) groups is 1. The summed E-state index contributed by atoms with van der Waals surface area (Å²) in [4.78, 5) is 19.3. The Morgan fingerprint density at radius 3 is 2.82 bits per heavy atom. The van der Waals surface area contributed by atoms with Gasteiger partial charge in [0, 0.05) is 11.5 Å². The number of amides is 1. The monoisotopic (exact) mass is 428 g/mol. The number of anilines is 1. The second kappa shape index (κ2) is 7.43. The number of benzene rings is 2. The van der Waals surface area contributed by atoms with Crippen LogP contribution < -0.4 is 9.64 Å². The maximum atomic E-state index is 12.9. The highest BCUT2D eigenvalue weighted by Gasteiger charge is 2.33. The highest BCUT2D eigenvalue weighted by Crippen LogP contribution is 2.37. The average molecular weight is 429 g/mol. The molecule has 0 atom stereocenters. The van der Waals surface area contributed by atoms with Crippen LogP contribution in [0.5, 0.6) is 11.5 Å². The molecular weight excluding hydrogens is 416 g/mol. The van der Waals surface area contributed by atoms with Crippen LogP contribution in [0.3, 0.4) is 0 Å². The molecule has 8 heteroatoms. The Kier molecular flexibility index (Phi) is 4.97. The quantitative estimate of drug-likeness (QED) is 0.467. The van der Waals surface area contributed by atoms with Crippen LogP contribution in [0, 0.1) is 0 Å². The molecule has 2 aromatic carbocycles. The number of pyridine rings is 1. The second-order valence-electron chi connectivity index (χ2n) is 5.92. The average Bonchev–Trinajstić information content (AvgIpc) is 2.95. The van der Waals surface area contributed by atoms with Crippen LogP contribution >= 0.6 is 35.6 Å². The summed E-state index contributed by atoms with van der Waals surface area (Å²) in [7, 11) is 1.57. The number of methoxy groups -OCH3 is 1. The van der Waals surface area contributed by atoms with Gasteiger partial charge >= 0.3 is 0 Å². The minimum absolute atomic E-state index is 0.0655. The van der Waals surface area contributed by atoms with Crippen molar-refractivity contribution >= 4 is 68.5 Å². The Morgan fingerprint density at radius 1 is 1.25 bits per heavy atom. The van der Waals surface area contributed by atoms with Crippen LogP contribution in [0.1, 0.15) is 5.69 Å². The molecule has 1 saturated heterocycles. The number of phenols is 1. The molecular formula is C20H13ClN2O3S2. The summed E-state index contributed by atoms with van der Waals surface area (Å²) in [6, 6.07) is 13.5. The molecule has 5 nitrogen and oxygen atoms in total. The molecule has 2 heterocycles. The van der Waals surface area contributed by atoms with Crippen LogP contribution in [0.25, 0.3) is 17.0 Å². The zero-order valence-electron chi connectivity index (χ0n) is 14.5. The van der Waals surface area contributed by atoms with Crippen LogP contribution in [-0.2, 0) is 4.79 Å². The van der Waals surface area contributed by atoms with Crippen molar-refractivity contribution in [1.82, 2.24) is 4.98 Å². The van der Waals surface area contributed by atoms with E-state index in [9.17, 15) is 9.90 Å². The van der Waals surface area contributed by atoms with E-state index in [0.29, 0.717) is 36.9 Å². The smallest absolute Gasteiger partial charge is 0.270 e. The predicted molar refractivity (Wildman–Crippen MR) is 117 cm³/mol. The zero-order chi connectivity index (χ0) is 19.8. The number of nitrogens with zero attached hydrogens (tertiary/aromatic N) is 2. The third-order valence-electron chi connectivity index (χ3n) is 4.17. The molecule has 4 rings (SSSR count). The van der Waals surface area contributed by atoms with Crippen molar-refractivity contribution in [2.45, 2.75) is 0 Å². The molecule has 1 fully saturated rings. The van der Waals surface area contributed by atoms with Gasteiger partial charge in [0.2, 0.25) is 0 Å². The number of phenolic OH excluding ortho intramolecular Hbond substituents is 1. The normalized spacial score (nSPS) is 15.6. The van der Waals surface area contributed by atoms with E-state index in [0.717, 1.165) is 5.39 Å². The SMILES string of the molecule is COc1ccc(Cl)c2ccc(/C=C3/SC(=S)N(c4cccc(O)c4)C3=O)nc12. The van der Waals surface area contributed by atoms with Gasteiger partial charge < -0.3 is 9.84 Å². The summed E-state index contributed by atoms with van der Waals surface area (Å²) in [6.07, 6.45) is 1.68. The Balaban J connectivity index is 1.73. The van der Waals surface area contributed by atoms with Gasteiger partial charge in [0.05, 0.1) is 28.4 Å². The molecule has 1 amide bonds. The van der Waals surface area contributed by atoms with Crippen molar-refractivity contribution < 1.29 is 14.6 Å². The van der Waals surface area contributed by atoms with Crippen LogP contribution in [0.4, 0.5) is 5.69 Å². The van der Waals surface area contributed by atoms with E-state index in [-0.39, 0.29) is 11.7 Å². The molecule has 28 heavy (non-hydrogen) atoms. The number of hydrogen-bond acceptors (Lipinski definition) is 6. The minimum atomic E-state index is -0.263. The highest BCUT2D eigenvalue weighted by atomic mass is 35.5. The van der Waals surface area contributed by atoms with Gasteiger partial charge in [-0.2, -0.15) is 0 Å². The molecule has 1 aromatic heterocycles. The number of carbonyl (C=O) groups is 1. The summed E-state index contributed by atoms with van der Waals surface area (Å²) in [6.45, 7) is 0. The number of aromatic hydroxyl groups is 1. The summed E-state index contributed by atoms with van der Waals surface area (Å²) in [5.41, 5.74) is 1.72. The lowest BCUT2D eigenvalue weighted by Gasteiger charge is -2.14. The highest BCUT2D eigenvalue weighted by molar-refractivity contribution is 8.27. The topological polar surface area (TPSA) is 62.7 Å². The van der Waals surface area contributed by atoms with Crippen molar-refractivity contribution in [3.8, 4) is 11.5 Å². The van der Waals surface area contributed by atoms with Gasteiger partial charge in [-0.15, -0.1) is 0 Å². The van der Waals surface area contributed by atoms with E-state index in [1.165, 1.54) is 28.8 Å². The van der Waals surface area contributed by atoms with Crippen LogP contribution in [0.2, 0.25) is 5.02 Å². The van der Waals surface area contributed by atoms with Crippen molar-refractivity contribution in [2.75, 3.05) is 12.0 Å². The molecule has 0 spiro atoms.